The van der Waals surface area contributed by atoms with Gasteiger partial charge in [0.25, 0.3) is 17.1 Å². The van der Waals surface area contributed by atoms with Crippen LogP contribution in [0.5, 0.6) is 0 Å². The van der Waals surface area contributed by atoms with Crippen LogP contribution in [0, 0.1) is 30.3 Å². The van der Waals surface area contributed by atoms with Crippen molar-refractivity contribution < 1.29 is 28.2 Å². The van der Waals surface area contributed by atoms with E-state index >= 15 is 0 Å². The third-order valence-corrected chi connectivity index (χ3v) is 12.8. The summed E-state index contributed by atoms with van der Waals surface area (Å²) in [5, 5.41) is 33.8. The number of non-ortho nitro benzene ring substituents is 3. The minimum Gasteiger partial charge on any atom is -0.319 e. The summed E-state index contributed by atoms with van der Waals surface area (Å²) in [6.45, 7) is 18.8. The molecule has 0 aliphatic carbocycles. The number of benzene rings is 3. The molecule has 0 aliphatic rings. The van der Waals surface area contributed by atoms with Crippen molar-refractivity contribution in [1.82, 2.24) is 13.7 Å². The second-order valence-electron chi connectivity index (χ2n) is 15.6. The Balaban J connectivity index is 1.74. The maximum absolute atomic E-state index is 14.4. The average molecular weight is 835 g/mol. The van der Waals surface area contributed by atoms with Crippen LogP contribution >= 0.6 is 0 Å². The van der Waals surface area contributed by atoms with E-state index in [0.29, 0.717) is 92.0 Å². The van der Waals surface area contributed by atoms with Crippen molar-refractivity contribution in [3.63, 3.8) is 0 Å². The molecule has 0 radical (unpaired) electrons. The normalized spacial score (nSPS) is 12.1. The molecule has 0 unspecified atom stereocenters. The van der Waals surface area contributed by atoms with Crippen LogP contribution in [0.25, 0.3) is 0 Å². The molecule has 1 aromatic heterocycles. The van der Waals surface area contributed by atoms with Gasteiger partial charge in [-0.2, -0.15) is 0 Å². The van der Waals surface area contributed by atoms with Gasteiger partial charge in [0.1, 0.15) is 19.6 Å². The topological polar surface area (TPSA) is 195 Å². The van der Waals surface area contributed by atoms with Gasteiger partial charge in [-0.05, 0) is 77.9 Å². The van der Waals surface area contributed by atoms with Crippen LogP contribution in [0.3, 0.4) is 0 Å². The van der Waals surface area contributed by atoms with Crippen molar-refractivity contribution in [3.8, 4) is 0 Å². The van der Waals surface area contributed by atoms with Crippen molar-refractivity contribution in [2.24, 2.45) is 0 Å². The zero-order valence-corrected chi connectivity index (χ0v) is 35.7. The van der Waals surface area contributed by atoms with Crippen LogP contribution < -0.4 is 17.1 Å². The van der Waals surface area contributed by atoms with Gasteiger partial charge in [0.15, 0.2) is 0 Å². The van der Waals surface area contributed by atoms with Gasteiger partial charge in [-0.1, -0.05) is 0 Å². The third kappa shape index (κ3) is 11.0. The summed E-state index contributed by atoms with van der Waals surface area (Å²) in [6.07, 6.45) is 0. The molecule has 0 atom stereocenters. The van der Waals surface area contributed by atoms with Gasteiger partial charge in [0.05, 0.1) is 93.3 Å². The molecule has 0 bridgehead atoms. The predicted molar refractivity (Wildman–Crippen MR) is 228 cm³/mol. The van der Waals surface area contributed by atoms with E-state index in [9.17, 15) is 44.7 Å². The Morgan fingerprint density at radius 3 is 0.767 bits per heavy atom. The number of aromatic nitrogens is 3. The molecule has 60 heavy (non-hydrogen) atoms. The number of rotatable bonds is 24. The summed E-state index contributed by atoms with van der Waals surface area (Å²) in [4.78, 5) is 75.8. The Bertz CT molecular complexity index is 1990. The first-order chi connectivity index (χ1) is 28.5. The molecule has 3 aromatic carbocycles. The third-order valence-electron chi connectivity index (χ3n) is 12.8. The number of hydrogen-bond acceptors (Lipinski definition) is 9. The van der Waals surface area contributed by atoms with Crippen LogP contribution in [0.4, 0.5) is 17.1 Å². The Hall–Kier alpha value is -5.85. The fraction of sp³-hybridized carbons (Fsp3) is 0.500. The largest absolute Gasteiger partial charge is 0.336 e. The van der Waals surface area contributed by atoms with Gasteiger partial charge < -0.3 is 13.4 Å². The number of quaternary nitrogens is 3. The molecule has 0 N–H and O–H groups in total. The molecule has 4 aromatic rings. The minimum atomic E-state index is -0.694. The van der Waals surface area contributed by atoms with Crippen LogP contribution in [0.15, 0.2) is 87.2 Å². The van der Waals surface area contributed by atoms with Crippen LogP contribution in [-0.4, -0.2) is 101 Å². The van der Waals surface area contributed by atoms with Gasteiger partial charge in [-0.15, -0.1) is 0 Å². The lowest BCUT2D eigenvalue weighted by molar-refractivity contribution is -0.938. The number of nitro groups is 3. The first-order valence-corrected chi connectivity index (χ1v) is 20.7. The van der Waals surface area contributed by atoms with Gasteiger partial charge in [-0.25, -0.2) is 28.1 Å². The van der Waals surface area contributed by atoms with E-state index in [1.165, 1.54) is 50.1 Å². The van der Waals surface area contributed by atoms with Crippen LogP contribution in [0.1, 0.15) is 58.2 Å². The maximum atomic E-state index is 14.4. The monoisotopic (exact) mass is 834 g/mol. The fourth-order valence-corrected chi connectivity index (χ4v) is 8.05. The second kappa shape index (κ2) is 20.4. The summed E-state index contributed by atoms with van der Waals surface area (Å²) in [7, 11) is 0. The summed E-state index contributed by atoms with van der Waals surface area (Å²) in [5.74, 6) is 0. The number of nitro benzene ring substituents is 3. The molecule has 18 heteroatoms. The van der Waals surface area contributed by atoms with E-state index in [-0.39, 0.29) is 36.7 Å². The zero-order valence-electron chi connectivity index (χ0n) is 35.7. The first-order valence-electron chi connectivity index (χ1n) is 20.7. The Morgan fingerprint density at radius 2 is 0.600 bits per heavy atom. The van der Waals surface area contributed by atoms with E-state index in [2.05, 4.69) is 0 Å². The Morgan fingerprint density at radius 1 is 0.400 bits per heavy atom. The van der Waals surface area contributed by atoms with E-state index in [0.717, 1.165) is 16.7 Å². The highest BCUT2D eigenvalue weighted by molar-refractivity contribution is 5.34. The Labute approximate surface area is 349 Å². The fourth-order valence-electron chi connectivity index (χ4n) is 8.05. The molecular weight excluding hydrogens is 775 g/mol. The average Bonchev–Trinajstić information content (AvgIpc) is 3.25. The summed E-state index contributed by atoms with van der Waals surface area (Å²) >= 11 is 0. The molecule has 1 heterocycles. The highest BCUT2D eigenvalue weighted by Crippen LogP contribution is 2.21. The minimum absolute atomic E-state index is 0.0118. The van der Waals surface area contributed by atoms with Crippen LogP contribution in [-0.2, 0) is 39.3 Å². The second-order valence-corrected chi connectivity index (χ2v) is 15.6. The van der Waals surface area contributed by atoms with Crippen molar-refractivity contribution in [3.05, 3.63) is 151 Å². The maximum Gasteiger partial charge on any atom is 0.336 e. The smallest absolute Gasteiger partial charge is 0.319 e. The summed E-state index contributed by atoms with van der Waals surface area (Å²) < 4.78 is 4.93. The lowest BCUT2D eigenvalue weighted by Crippen LogP contribution is -2.59. The number of nitrogens with zero attached hydrogens (tertiary/aromatic N) is 9. The summed E-state index contributed by atoms with van der Waals surface area (Å²) in [6, 6.07) is 19.1. The highest BCUT2D eigenvalue weighted by atomic mass is 16.6. The zero-order chi connectivity index (χ0) is 44.3. The van der Waals surface area contributed by atoms with Crippen molar-refractivity contribution in [1.29, 1.82) is 0 Å². The SMILES string of the molecule is CC[N+](CC)(CCn1c(=O)n(CC[N+](CC)(CC)Cc2ccc([N+](=O)[O-])cc2)c(=O)n(CC[N+](CC)(CC)Cc2ccc([N+](=O)[O-])cc2)c1=O)Cc1ccc([N+](=O)[O-])cc1. The molecular formula is C42H60N9O9+3. The molecule has 18 nitrogen and oxygen atoms in total. The molecule has 0 aliphatic heterocycles. The van der Waals surface area contributed by atoms with Gasteiger partial charge >= 0.3 is 17.1 Å². The molecule has 324 valence electrons. The summed E-state index contributed by atoms with van der Waals surface area (Å²) in [5.41, 5.74) is 0.511. The Kier molecular flexibility index (Phi) is 15.9. The van der Waals surface area contributed by atoms with Gasteiger partial charge in [-0.3, -0.25) is 30.3 Å². The van der Waals surface area contributed by atoms with Gasteiger partial charge in [0, 0.05) is 53.1 Å². The van der Waals surface area contributed by atoms with Crippen molar-refractivity contribution in [2.75, 3.05) is 58.9 Å². The van der Waals surface area contributed by atoms with Crippen molar-refractivity contribution >= 4 is 17.1 Å². The molecule has 0 fully saturated rings. The molecule has 0 amide bonds. The van der Waals surface area contributed by atoms with Crippen molar-refractivity contribution in [2.45, 2.75) is 80.8 Å². The molecule has 0 spiro atoms. The predicted octanol–water partition coefficient (Wildman–Crippen LogP) is 5.07. The molecule has 0 saturated heterocycles. The van der Waals surface area contributed by atoms with E-state index in [4.69, 9.17) is 0 Å². The first kappa shape index (κ1) is 46.8. The quantitative estimate of drug-likeness (QED) is 0.0526. The van der Waals surface area contributed by atoms with E-state index in [1.807, 2.05) is 41.5 Å². The van der Waals surface area contributed by atoms with E-state index < -0.39 is 31.8 Å². The standard InChI is InChI=1S/C42H60N9O9/c1-7-49(8-2,31-34-13-19-37(20-14-34)46(55)56)28-25-43-40(52)44(26-29-50(9-3,10-4)32-35-15-21-38(22-16-35)47(57)58)42(54)45(41(43)53)27-30-51(11-5,12-6)33-36-17-23-39(24-18-36)48(59)60/h13-24H,7-12,25-33H2,1-6H3/q+3. The number of hydrogen-bond donors (Lipinski definition) is 0. The molecule has 0 saturated carbocycles. The lowest BCUT2D eigenvalue weighted by Gasteiger charge is -2.38. The van der Waals surface area contributed by atoms with E-state index in [1.54, 1.807) is 36.4 Å². The highest BCUT2D eigenvalue weighted by Gasteiger charge is 2.30. The number of likely N-dealkylation sites (N-methyl/N-ethyl adjacent to an activating group) is 3. The molecule has 4 rings (SSSR count). The van der Waals surface area contributed by atoms with Gasteiger partial charge in [0.2, 0.25) is 0 Å². The lowest BCUT2D eigenvalue weighted by atomic mass is 10.1. The van der Waals surface area contributed by atoms with Crippen LogP contribution in [0.2, 0.25) is 0 Å².